The average Bonchev–Trinajstić information content (AvgIpc) is 3.18. The van der Waals surface area contributed by atoms with Gasteiger partial charge in [0.1, 0.15) is 18.1 Å². The van der Waals surface area contributed by atoms with E-state index in [-0.39, 0.29) is 17.9 Å². The maximum absolute atomic E-state index is 13.2. The van der Waals surface area contributed by atoms with Gasteiger partial charge in [-0.3, -0.25) is 14.6 Å². The number of benzene rings is 3. The number of aromatic nitrogens is 1. The third kappa shape index (κ3) is 5.14. The summed E-state index contributed by atoms with van der Waals surface area (Å²) in [5.41, 5.74) is 4.25. The number of aliphatic hydroxyl groups excluding tert-OH is 1. The monoisotopic (exact) mass is 490 g/mol. The summed E-state index contributed by atoms with van der Waals surface area (Å²) in [7, 11) is 0. The Kier molecular flexibility index (Phi) is 6.81. The number of ether oxygens (including phenoxy) is 1. The van der Waals surface area contributed by atoms with Gasteiger partial charge in [0.15, 0.2) is 0 Å². The van der Waals surface area contributed by atoms with E-state index >= 15 is 0 Å². The van der Waals surface area contributed by atoms with Crippen molar-refractivity contribution in [2.75, 3.05) is 0 Å². The van der Waals surface area contributed by atoms with Crippen LogP contribution < -0.4 is 4.74 Å². The van der Waals surface area contributed by atoms with Crippen molar-refractivity contribution in [3.8, 4) is 5.75 Å². The van der Waals surface area contributed by atoms with Gasteiger partial charge in [0.05, 0.1) is 11.6 Å². The van der Waals surface area contributed by atoms with E-state index in [0.717, 1.165) is 22.3 Å². The molecule has 1 N–H and O–H groups in total. The molecule has 3 aromatic carbocycles. The average molecular weight is 491 g/mol. The Morgan fingerprint density at radius 2 is 1.68 bits per heavy atom. The zero-order chi connectivity index (χ0) is 25.8. The highest BCUT2D eigenvalue weighted by molar-refractivity contribution is 6.46. The van der Waals surface area contributed by atoms with E-state index in [1.165, 1.54) is 4.90 Å². The molecule has 4 aromatic rings. The maximum Gasteiger partial charge on any atom is 0.295 e. The van der Waals surface area contributed by atoms with Crippen molar-refractivity contribution in [2.45, 2.75) is 26.1 Å². The van der Waals surface area contributed by atoms with Gasteiger partial charge in [0, 0.05) is 24.5 Å². The van der Waals surface area contributed by atoms with Crippen LogP contribution in [0.25, 0.3) is 5.76 Å². The van der Waals surface area contributed by atoms with Crippen LogP contribution in [0.15, 0.2) is 109 Å². The van der Waals surface area contributed by atoms with Gasteiger partial charge in [0.25, 0.3) is 11.7 Å². The molecule has 0 aliphatic carbocycles. The molecule has 1 saturated heterocycles. The van der Waals surface area contributed by atoms with E-state index in [1.807, 2.05) is 61.5 Å². The molecule has 5 rings (SSSR count). The molecule has 0 saturated carbocycles. The van der Waals surface area contributed by atoms with Gasteiger partial charge in [-0.2, -0.15) is 0 Å². The molecule has 1 atom stereocenters. The summed E-state index contributed by atoms with van der Waals surface area (Å²) in [5, 5.41) is 11.3. The highest BCUT2D eigenvalue weighted by Gasteiger charge is 2.46. The fourth-order valence-corrected chi connectivity index (χ4v) is 4.55. The van der Waals surface area contributed by atoms with Crippen LogP contribution in [-0.2, 0) is 22.7 Å². The van der Waals surface area contributed by atoms with Gasteiger partial charge in [-0.05, 0) is 53.9 Å². The number of hydrogen-bond acceptors (Lipinski definition) is 5. The molecule has 1 amide bonds. The Morgan fingerprint density at radius 1 is 0.919 bits per heavy atom. The number of aryl methyl sites for hydroxylation is 1. The first kappa shape index (κ1) is 24.0. The minimum absolute atomic E-state index is 0.0634. The lowest BCUT2D eigenvalue weighted by Crippen LogP contribution is -2.29. The van der Waals surface area contributed by atoms with Gasteiger partial charge in [-0.15, -0.1) is 0 Å². The Bertz CT molecular complexity index is 1450. The van der Waals surface area contributed by atoms with Crippen LogP contribution in [0.1, 0.15) is 33.9 Å². The first-order valence-corrected chi connectivity index (χ1v) is 12.0. The summed E-state index contributed by atoms with van der Waals surface area (Å²) in [6, 6.07) is 27.1. The van der Waals surface area contributed by atoms with E-state index in [1.54, 1.807) is 42.7 Å². The second kappa shape index (κ2) is 10.5. The number of Topliss-reactive ketones (excluding diaryl/α,β-unsaturated/α-hetero) is 1. The van der Waals surface area contributed by atoms with Crippen LogP contribution in [-0.4, -0.2) is 26.7 Å². The van der Waals surface area contributed by atoms with Gasteiger partial charge in [0.2, 0.25) is 0 Å². The molecular formula is C31H26N2O4. The first-order chi connectivity index (χ1) is 18.0. The maximum atomic E-state index is 13.2. The summed E-state index contributed by atoms with van der Waals surface area (Å²) in [5.74, 6) is -0.951. The second-order valence-electron chi connectivity index (χ2n) is 9.00. The predicted octanol–water partition coefficient (Wildman–Crippen LogP) is 5.59. The molecule has 1 aliphatic rings. The number of likely N-dealkylation sites (tertiary alicyclic amines) is 1. The summed E-state index contributed by atoms with van der Waals surface area (Å²) in [6.07, 6.45) is 3.32. The summed E-state index contributed by atoms with van der Waals surface area (Å²) in [4.78, 5) is 31.9. The number of nitrogens with zero attached hydrogens (tertiary/aromatic N) is 2. The molecule has 0 bridgehead atoms. The Morgan fingerprint density at radius 3 is 2.38 bits per heavy atom. The smallest absolute Gasteiger partial charge is 0.295 e. The standard InChI is InChI=1S/C31H26N2O4/c1-21-7-5-8-22(17-21)20-37-26-14-12-25(13-15-26)29(34)27-28(24-10-3-2-4-11-24)33(31(36)30(27)35)19-23-9-6-16-32-18-23/h2-18,28,34H,19-20H2,1H3/b29-27-. The number of rotatable bonds is 7. The van der Waals surface area contributed by atoms with Crippen LogP contribution >= 0.6 is 0 Å². The Balaban J connectivity index is 1.45. The van der Waals surface area contributed by atoms with Crippen molar-refractivity contribution in [2.24, 2.45) is 0 Å². The number of pyridine rings is 1. The van der Waals surface area contributed by atoms with E-state index in [9.17, 15) is 14.7 Å². The molecule has 6 nitrogen and oxygen atoms in total. The zero-order valence-corrected chi connectivity index (χ0v) is 20.4. The van der Waals surface area contributed by atoms with Crippen LogP contribution in [0, 0.1) is 6.92 Å². The number of hydrogen-bond donors (Lipinski definition) is 1. The van der Waals surface area contributed by atoms with Gasteiger partial charge >= 0.3 is 0 Å². The number of ketones is 1. The predicted molar refractivity (Wildman–Crippen MR) is 140 cm³/mol. The fourth-order valence-electron chi connectivity index (χ4n) is 4.55. The lowest BCUT2D eigenvalue weighted by molar-refractivity contribution is -0.140. The zero-order valence-electron chi connectivity index (χ0n) is 20.4. The molecule has 1 aliphatic heterocycles. The topological polar surface area (TPSA) is 79.7 Å². The second-order valence-corrected chi connectivity index (χ2v) is 9.00. The van der Waals surface area contributed by atoms with E-state index < -0.39 is 17.7 Å². The Hall–Kier alpha value is -4.71. The molecule has 6 heteroatoms. The van der Waals surface area contributed by atoms with Gasteiger partial charge < -0.3 is 14.7 Å². The highest BCUT2D eigenvalue weighted by atomic mass is 16.5. The molecule has 1 aromatic heterocycles. The molecular weight excluding hydrogens is 464 g/mol. The number of carbonyl (C=O) groups is 2. The van der Waals surface area contributed by atoms with Crippen LogP contribution in [0.4, 0.5) is 0 Å². The van der Waals surface area contributed by atoms with Crippen molar-refractivity contribution in [3.63, 3.8) is 0 Å². The molecule has 1 fully saturated rings. The molecule has 184 valence electrons. The SMILES string of the molecule is Cc1cccc(COc2ccc(/C(O)=C3/C(=O)C(=O)N(Cc4cccnc4)C3c3ccccc3)cc2)c1. The van der Waals surface area contributed by atoms with Crippen LogP contribution in [0.2, 0.25) is 0 Å². The summed E-state index contributed by atoms with van der Waals surface area (Å²) in [6.45, 7) is 2.64. The third-order valence-corrected chi connectivity index (χ3v) is 6.35. The lowest BCUT2D eigenvalue weighted by Gasteiger charge is -2.25. The molecule has 1 unspecified atom stereocenters. The number of aliphatic hydroxyl groups is 1. The van der Waals surface area contributed by atoms with Crippen molar-refractivity contribution in [3.05, 3.63) is 137 Å². The van der Waals surface area contributed by atoms with Crippen molar-refractivity contribution in [1.29, 1.82) is 0 Å². The van der Waals surface area contributed by atoms with E-state index in [2.05, 4.69) is 11.1 Å². The van der Waals surface area contributed by atoms with Crippen LogP contribution in [0.3, 0.4) is 0 Å². The largest absolute Gasteiger partial charge is 0.507 e. The minimum atomic E-state index is -0.723. The van der Waals surface area contributed by atoms with Crippen LogP contribution in [0.5, 0.6) is 5.75 Å². The van der Waals surface area contributed by atoms with E-state index in [0.29, 0.717) is 17.9 Å². The number of amides is 1. The number of carbonyl (C=O) groups excluding carboxylic acids is 2. The molecule has 2 heterocycles. The first-order valence-electron chi connectivity index (χ1n) is 12.0. The Labute approximate surface area is 215 Å². The highest BCUT2D eigenvalue weighted by Crippen LogP contribution is 2.40. The summed E-state index contributed by atoms with van der Waals surface area (Å²) >= 11 is 0. The summed E-state index contributed by atoms with van der Waals surface area (Å²) < 4.78 is 5.89. The van der Waals surface area contributed by atoms with Crippen molar-refractivity contribution in [1.82, 2.24) is 9.88 Å². The minimum Gasteiger partial charge on any atom is -0.507 e. The van der Waals surface area contributed by atoms with Gasteiger partial charge in [-0.1, -0.05) is 66.2 Å². The molecule has 0 radical (unpaired) electrons. The van der Waals surface area contributed by atoms with Gasteiger partial charge in [-0.25, -0.2) is 0 Å². The fraction of sp³-hybridized carbons (Fsp3) is 0.129. The normalized spacial score (nSPS) is 16.7. The quantitative estimate of drug-likeness (QED) is 0.208. The van der Waals surface area contributed by atoms with E-state index in [4.69, 9.17) is 4.74 Å². The lowest BCUT2D eigenvalue weighted by atomic mass is 9.95. The third-order valence-electron chi connectivity index (χ3n) is 6.35. The molecule has 37 heavy (non-hydrogen) atoms. The van der Waals surface area contributed by atoms with Crippen molar-refractivity contribution >= 4 is 17.4 Å². The molecule has 0 spiro atoms. The van der Waals surface area contributed by atoms with Crippen molar-refractivity contribution < 1.29 is 19.4 Å².